The molecule has 2 aromatic rings. The number of nitrogens with one attached hydrogen (secondary N) is 1. The molecule has 0 saturated heterocycles. The van der Waals surface area contributed by atoms with E-state index in [2.05, 4.69) is 9.82 Å². The molecule has 0 aliphatic carbocycles. The fraction of sp³-hybridized carbons (Fsp3) is 0.300. The van der Waals surface area contributed by atoms with Crippen LogP contribution < -0.4 is 4.72 Å². The third kappa shape index (κ3) is 2.96. The highest BCUT2D eigenvalue weighted by molar-refractivity contribution is 7.89. The van der Waals surface area contributed by atoms with Crippen molar-refractivity contribution in [3.63, 3.8) is 0 Å². The minimum Gasteiger partial charge on any atom is -0.386 e. The Kier molecular flexibility index (Phi) is 3.81. The molecule has 6 nitrogen and oxygen atoms in total. The van der Waals surface area contributed by atoms with Gasteiger partial charge in [-0.3, -0.25) is 4.68 Å². The fourth-order valence-corrected chi connectivity index (χ4v) is 3.12. The summed E-state index contributed by atoms with van der Waals surface area (Å²) in [5, 5.41) is 15.4. The number of nitrogens with zero attached hydrogens (tertiary/aromatic N) is 2. The van der Waals surface area contributed by atoms with Crippen molar-refractivity contribution in [3.05, 3.63) is 34.8 Å². The molecule has 0 aliphatic heterocycles. The third-order valence-electron chi connectivity index (χ3n) is 2.33. The van der Waals surface area contributed by atoms with Crippen LogP contribution in [0.3, 0.4) is 0 Å². The minimum absolute atomic E-state index is 0.0578. The zero-order valence-corrected chi connectivity index (χ0v) is 11.3. The summed E-state index contributed by atoms with van der Waals surface area (Å²) in [5.41, 5.74) is 0. The van der Waals surface area contributed by atoms with E-state index in [0.29, 0.717) is 0 Å². The lowest BCUT2D eigenvalue weighted by atomic mass is 10.3. The number of hydrogen-bond donors (Lipinski definition) is 2. The standard InChI is InChI=1S/C10H13N3O3S2/c1-13-7-8(5-11-13)18(15,16)12-6-9(14)10-3-2-4-17-10/h2-5,7,9,12,14H,6H2,1H3/t9-/m0/s1. The van der Waals surface area contributed by atoms with Crippen LogP contribution in [0, 0.1) is 0 Å². The number of rotatable bonds is 5. The number of aliphatic hydroxyl groups is 1. The molecule has 18 heavy (non-hydrogen) atoms. The Morgan fingerprint density at radius 1 is 1.61 bits per heavy atom. The number of aryl methyl sites for hydroxylation is 1. The molecule has 0 saturated carbocycles. The number of sulfonamides is 1. The van der Waals surface area contributed by atoms with Crippen molar-refractivity contribution in [2.45, 2.75) is 11.0 Å². The highest BCUT2D eigenvalue weighted by Gasteiger charge is 2.18. The Bertz CT molecular complexity index is 604. The maximum absolute atomic E-state index is 11.8. The quantitative estimate of drug-likeness (QED) is 0.838. The van der Waals surface area contributed by atoms with E-state index < -0.39 is 16.1 Å². The largest absolute Gasteiger partial charge is 0.386 e. The zero-order chi connectivity index (χ0) is 13.2. The van der Waals surface area contributed by atoms with Crippen LogP contribution >= 0.6 is 11.3 Å². The third-order valence-corrected chi connectivity index (χ3v) is 4.68. The summed E-state index contributed by atoms with van der Waals surface area (Å²) < 4.78 is 27.5. The molecule has 0 amide bonds. The maximum Gasteiger partial charge on any atom is 0.243 e. The molecule has 0 aromatic carbocycles. The van der Waals surface area contributed by atoms with E-state index in [1.807, 2.05) is 5.38 Å². The van der Waals surface area contributed by atoms with Crippen LogP contribution in [0.15, 0.2) is 34.8 Å². The second-order valence-electron chi connectivity index (χ2n) is 3.73. The van der Waals surface area contributed by atoms with E-state index in [-0.39, 0.29) is 11.4 Å². The molecule has 2 N–H and O–H groups in total. The molecule has 2 heterocycles. The van der Waals surface area contributed by atoms with Gasteiger partial charge in [-0.15, -0.1) is 11.3 Å². The van der Waals surface area contributed by atoms with Crippen molar-refractivity contribution in [2.24, 2.45) is 7.05 Å². The topological polar surface area (TPSA) is 84.2 Å². The first kappa shape index (κ1) is 13.2. The van der Waals surface area contributed by atoms with Crippen molar-refractivity contribution in [2.75, 3.05) is 6.54 Å². The minimum atomic E-state index is -3.61. The number of aromatic nitrogens is 2. The monoisotopic (exact) mass is 287 g/mol. The number of aliphatic hydroxyl groups excluding tert-OH is 1. The summed E-state index contributed by atoms with van der Waals surface area (Å²) >= 11 is 1.38. The van der Waals surface area contributed by atoms with Crippen molar-refractivity contribution in [1.82, 2.24) is 14.5 Å². The van der Waals surface area contributed by atoms with E-state index in [0.717, 1.165) is 4.88 Å². The molecule has 98 valence electrons. The van der Waals surface area contributed by atoms with Gasteiger partial charge >= 0.3 is 0 Å². The Hall–Kier alpha value is -1.22. The van der Waals surface area contributed by atoms with Crippen LogP contribution in [0.1, 0.15) is 11.0 Å². The zero-order valence-electron chi connectivity index (χ0n) is 9.65. The average Bonchev–Trinajstić information content (AvgIpc) is 2.96. The smallest absolute Gasteiger partial charge is 0.243 e. The van der Waals surface area contributed by atoms with Crippen LogP contribution in [0.5, 0.6) is 0 Å². The van der Waals surface area contributed by atoms with E-state index in [4.69, 9.17) is 0 Å². The van der Waals surface area contributed by atoms with Gasteiger partial charge in [0.25, 0.3) is 0 Å². The molecule has 2 aromatic heterocycles. The van der Waals surface area contributed by atoms with E-state index in [9.17, 15) is 13.5 Å². The lowest BCUT2D eigenvalue weighted by Crippen LogP contribution is -2.28. The molecule has 0 radical (unpaired) electrons. The van der Waals surface area contributed by atoms with E-state index in [1.54, 1.807) is 19.2 Å². The first-order chi connectivity index (χ1) is 8.49. The average molecular weight is 287 g/mol. The normalized spacial score (nSPS) is 13.7. The predicted molar refractivity (Wildman–Crippen MR) is 67.7 cm³/mol. The molecule has 0 fully saturated rings. The molecule has 0 aliphatic rings. The van der Waals surface area contributed by atoms with Gasteiger partial charge < -0.3 is 5.11 Å². The van der Waals surface area contributed by atoms with Crippen LogP contribution in [-0.2, 0) is 17.1 Å². The Balaban J connectivity index is 2.02. The first-order valence-corrected chi connectivity index (χ1v) is 7.55. The van der Waals surface area contributed by atoms with Gasteiger partial charge in [0.05, 0.1) is 6.20 Å². The lowest BCUT2D eigenvalue weighted by Gasteiger charge is -2.09. The molecular weight excluding hydrogens is 274 g/mol. The van der Waals surface area contributed by atoms with E-state index >= 15 is 0 Å². The van der Waals surface area contributed by atoms with Gasteiger partial charge in [-0.1, -0.05) is 6.07 Å². The Labute approximate surface area is 109 Å². The van der Waals surface area contributed by atoms with E-state index in [1.165, 1.54) is 28.4 Å². The lowest BCUT2D eigenvalue weighted by molar-refractivity contribution is 0.186. The van der Waals surface area contributed by atoms with Crippen LogP contribution in [0.2, 0.25) is 0 Å². The summed E-state index contributed by atoms with van der Waals surface area (Å²) in [5.74, 6) is 0. The van der Waals surface area contributed by atoms with Crippen molar-refractivity contribution < 1.29 is 13.5 Å². The molecule has 1 atom stereocenters. The maximum atomic E-state index is 11.8. The van der Waals surface area contributed by atoms with Crippen LogP contribution in [0.4, 0.5) is 0 Å². The Morgan fingerprint density at radius 2 is 2.39 bits per heavy atom. The molecule has 0 unspecified atom stereocenters. The van der Waals surface area contributed by atoms with Crippen molar-refractivity contribution in [3.8, 4) is 0 Å². The highest BCUT2D eigenvalue weighted by Crippen LogP contribution is 2.18. The summed E-state index contributed by atoms with van der Waals surface area (Å²) in [6.45, 7) is -0.0578. The SMILES string of the molecule is Cn1cc(S(=O)(=O)NC[C@H](O)c2cccs2)cn1. The second kappa shape index (κ2) is 5.19. The van der Waals surface area contributed by atoms with Gasteiger partial charge in [0.1, 0.15) is 11.0 Å². The van der Waals surface area contributed by atoms with Gasteiger partial charge in [0, 0.05) is 24.7 Å². The number of hydrogen-bond acceptors (Lipinski definition) is 5. The van der Waals surface area contributed by atoms with Crippen molar-refractivity contribution >= 4 is 21.4 Å². The molecule has 0 bridgehead atoms. The van der Waals surface area contributed by atoms with Gasteiger partial charge in [0.2, 0.25) is 10.0 Å². The summed E-state index contributed by atoms with van der Waals surface area (Å²) in [7, 11) is -1.98. The number of thiophene rings is 1. The van der Waals surface area contributed by atoms with Gasteiger partial charge in [-0.2, -0.15) is 5.10 Å². The first-order valence-electron chi connectivity index (χ1n) is 5.19. The fourth-order valence-electron chi connectivity index (χ4n) is 1.39. The second-order valence-corrected chi connectivity index (χ2v) is 6.48. The predicted octanol–water partition coefficient (Wildman–Crippen LogP) is 0.493. The molecule has 2 rings (SSSR count). The highest BCUT2D eigenvalue weighted by atomic mass is 32.2. The Morgan fingerprint density at radius 3 is 2.94 bits per heavy atom. The van der Waals surface area contributed by atoms with Crippen molar-refractivity contribution in [1.29, 1.82) is 0 Å². The molecular formula is C10H13N3O3S2. The summed E-state index contributed by atoms with van der Waals surface area (Å²) in [4.78, 5) is 0.812. The van der Waals surface area contributed by atoms with Gasteiger partial charge in [-0.25, -0.2) is 13.1 Å². The van der Waals surface area contributed by atoms with Crippen LogP contribution in [0.25, 0.3) is 0 Å². The summed E-state index contributed by atoms with van der Waals surface area (Å²) in [6.07, 6.45) is 1.83. The van der Waals surface area contributed by atoms with Gasteiger partial charge in [-0.05, 0) is 11.4 Å². The summed E-state index contributed by atoms with van der Waals surface area (Å²) in [6, 6.07) is 3.56. The molecule has 0 spiro atoms. The van der Waals surface area contributed by atoms with Crippen LogP contribution in [-0.4, -0.2) is 29.8 Å². The molecule has 8 heteroatoms. The van der Waals surface area contributed by atoms with Gasteiger partial charge in [0.15, 0.2) is 0 Å².